The minimum absolute atomic E-state index is 0.0578. The molecule has 0 aliphatic carbocycles. The van der Waals surface area contributed by atoms with Gasteiger partial charge in [-0.2, -0.15) is 5.26 Å². The number of carbonyl (C=O) groups excluding carboxylic acids is 1. The third-order valence-corrected chi connectivity index (χ3v) is 4.80. The van der Waals surface area contributed by atoms with Crippen LogP contribution in [0.25, 0.3) is 0 Å². The zero-order valence-electron chi connectivity index (χ0n) is 15.6. The van der Waals surface area contributed by atoms with Crippen LogP contribution in [0.3, 0.4) is 0 Å². The number of amides is 1. The van der Waals surface area contributed by atoms with Crippen LogP contribution >= 0.6 is 0 Å². The Balaban J connectivity index is 1.58. The Labute approximate surface area is 159 Å². The Kier molecular flexibility index (Phi) is 5.89. The molecule has 0 radical (unpaired) electrons. The van der Waals surface area contributed by atoms with Gasteiger partial charge in [0.15, 0.2) is 0 Å². The van der Waals surface area contributed by atoms with Crippen LogP contribution in [0.4, 0.5) is 11.5 Å². The Morgan fingerprint density at radius 1 is 1.26 bits per heavy atom. The van der Waals surface area contributed by atoms with Crippen molar-refractivity contribution in [2.75, 3.05) is 43.5 Å². The molecule has 0 saturated carbocycles. The van der Waals surface area contributed by atoms with Gasteiger partial charge in [-0.1, -0.05) is 12.1 Å². The lowest BCUT2D eigenvalue weighted by molar-refractivity contribution is -0.120. The molecule has 1 aromatic heterocycles. The SMILES string of the molecule is COc1ccccc1NC(=O)[C@H](C)N1CCN(c2cc(C#N)ccn2)CC1. The second-order valence-corrected chi connectivity index (χ2v) is 6.40. The van der Waals surface area contributed by atoms with Crippen molar-refractivity contribution in [1.82, 2.24) is 9.88 Å². The number of nitriles is 1. The Morgan fingerprint density at radius 2 is 2.00 bits per heavy atom. The monoisotopic (exact) mass is 365 g/mol. The second-order valence-electron chi connectivity index (χ2n) is 6.40. The molecule has 2 aromatic rings. The van der Waals surface area contributed by atoms with E-state index < -0.39 is 0 Å². The Hall–Kier alpha value is -3.11. The first-order valence-corrected chi connectivity index (χ1v) is 8.91. The number of pyridine rings is 1. The summed E-state index contributed by atoms with van der Waals surface area (Å²) in [5.41, 5.74) is 1.28. The minimum atomic E-state index is -0.254. The molecule has 27 heavy (non-hydrogen) atoms. The zero-order valence-corrected chi connectivity index (χ0v) is 15.6. The van der Waals surface area contributed by atoms with Crippen LogP contribution in [0.15, 0.2) is 42.6 Å². The lowest BCUT2D eigenvalue weighted by Gasteiger charge is -2.38. The van der Waals surface area contributed by atoms with Crippen molar-refractivity contribution < 1.29 is 9.53 Å². The highest BCUT2D eigenvalue weighted by Gasteiger charge is 2.26. The summed E-state index contributed by atoms with van der Waals surface area (Å²) in [4.78, 5) is 21.3. The fourth-order valence-corrected chi connectivity index (χ4v) is 3.15. The van der Waals surface area contributed by atoms with E-state index in [-0.39, 0.29) is 11.9 Å². The summed E-state index contributed by atoms with van der Waals surface area (Å²) >= 11 is 0. The quantitative estimate of drug-likeness (QED) is 0.874. The molecule has 1 aliphatic heterocycles. The summed E-state index contributed by atoms with van der Waals surface area (Å²) in [5.74, 6) is 1.39. The molecule has 1 atom stereocenters. The third-order valence-electron chi connectivity index (χ3n) is 4.80. The van der Waals surface area contributed by atoms with Gasteiger partial charge >= 0.3 is 0 Å². The van der Waals surface area contributed by atoms with Gasteiger partial charge < -0.3 is 15.0 Å². The van der Waals surface area contributed by atoms with Gasteiger partial charge in [-0.15, -0.1) is 0 Å². The number of anilines is 2. The number of ether oxygens (including phenoxy) is 1. The molecule has 1 aliphatic rings. The number of para-hydroxylation sites is 2. The molecule has 1 amide bonds. The largest absolute Gasteiger partial charge is 0.495 e. The first-order chi connectivity index (χ1) is 13.1. The van der Waals surface area contributed by atoms with Gasteiger partial charge in [-0.25, -0.2) is 4.98 Å². The average Bonchev–Trinajstić information content (AvgIpc) is 2.73. The van der Waals surface area contributed by atoms with Crippen LogP contribution in [0.1, 0.15) is 12.5 Å². The highest BCUT2D eigenvalue weighted by molar-refractivity contribution is 5.95. The van der Waals surface area contributed by atoms with Crippen molar-refractivity contribution in [1.29, 1.82) is 5.26 Å². The van der Waals surface area contributed by atoms with E-state index in [0.29, 0.717) is 17.0 Å². The number of hydrogen-bond donors (Lipinski definition) is 1. The molecular formula is C20H23N5O2. The maximum Gasteiger partial charge on any atom is 0.241 e. The van der Waals surface area contributed by atoms with E-state index >= 15 is 0 Å². The fraction of sp³-hybridized carbons (Fsp3) is 0.350. The molecule has 1 aromatic carbocycles. The molecule has 3 rings (SSSR count). The van der Waals surface area contributed by atoms with Crippen molar-refractivity contribution in [3.05, 3.63) is 48.2 Å². The highest BCUT2D eigenvalue weighted by Crippen LogP contribution is 2.24. The van der Waals surface area contributed by atoms with Crippen LogP contribution in [-0.4, -0.2) is 55.1 Å². The summed E-state index contributed by atoms with van der Waals surface area (Å²) in [5, 5.41) is 12.0. The van der Waals surface area contributed by atoms with Gasteiger partial charge in [0.05, 0.1) is 30.5 Å². The molecule has 1 saturated heterocycles. The van der Waals surface area contributed by atoms with E-state index in [4.69, 9.17) is 10.00 Å². The van der Waals surface area contributed by atoms with E-state index in [9.17, 15) is 4.79 Å². The van der Waals surface area contributed by atoms with Gasteiger partial charge in [0.2, 0.25) is 5.91 Å². The number of rotatable bonds is 5. The number of piperazine rings is 1. The molecule has 2 heterocycles. The molecule has 7 nitrogen and oxygen atoms in total. The standard InChI is InChI=1S/C20H23N5O2/c1-15(20(26)23-17-5-3-4-6-18(17)27-2)24-9-11-25(12-10-24)19-13-16(14-21)7-8-22-19/h3-8,13,15H,9-12H2,1-2H3,(H,23,26)/t15-/m0/s1. The number of nitrogens with one attached hydrogen (secondary N) is 1. The van der Waals surface area contributed by atoms with E-state index in [0.717, 1.165) is 32.0 Å². The van der Waals surface area contributed by atoms with E-state index in [2.05, 4.69) is 26.2 Å². The first kappa shape index (κ1) is 18.7. The van der Waals surface area contributed by atoms with Gasteiger partial charge in [-0.3, -0.25) is 9.69 Å². The van der Waals surface area contributed by atoms with Crippen LogP contribution in [-0.2, 0) is 4.79 Å². The number of methoxy groups -OCH3 is 1. The Bertz CT molecular complexity index is 840. The third kappa shape index (κ3) is 4.36. The second kappa shape index (κ2) is 8.52. The maximum absolute atomic E-state index is 12.6. The van der Waals surface area contributed by atoms with Crippen LogP contribution in [0.5, 0.6) is 5.75 Å². The lowest BCUT2D eigenvalue weighted by Crippen LogP contribution is -2.53. The minimum Gasteiger partial charge on any atom is -0.495 e. The number of aromatic nitrogens is 1. The van der Waals surface area contributed by atoms with Gasteiger partial charge in [-0.05, 0) is 31.2 Å². The molecule has 1 fully saturated rings. The zero-order chi connectivity index (χ0) is 19.2. The summed E-state index contributed by atoms with van der Waals surface area (Å²) in [6.45, 7) is 4.93. The summed E-state index contributed by atoms with van der Waals surface area (Å²) in [6.07, 6.45) is 1.66. The molecule has 140 valence electrons. The van der Waals surface area contributed by atoms with Gasteiger partial charge in [0, 0.05) is 32.4 Å². The van der Waals surface area contributed by atoms with E-state index in [1.54, 1.807) is 25.4 Å². The summed E-state index contributed by atoms with van der Waals surface area (Å²) < 4.78 is 5.29. The van der Waals surface area contributed by atoms with Crippen molar-refractivity contribution in [3.63, 3.8) is 0 Å². The van der Waals surface area contributed by atoms with Gasteiger partial charge in [0.1, 0.15) is 11.6 Å². The molecule has 0 unspecified atom stereocenters. The molecule has 0 spiro atoms. The molecule has 0 bridgehead atoms. The summed E-state index contributed by atoms with van der Waals surface area (Å²) in [6, 6.07) is 12.8. The topological polar surface area (TPSA) is 81.5 Å². The van der Waals surface area contributed by atoms with Crippen molar-refractivity contribution in [3.8, 4) is 11.8 Å². The maximum atomic E-state index is 12.6. The van der Waals surface area contributed by atoms with Crippen molar-refractivity contribution in [2.24, 2.45) is 0 Å². The number of benzene rings is 1. The molecule has 1 N–H and O–H groups in total. The number of carbonyl (C=O) groups is 1. The van der Waals surface area contributed by atoms with Crippen molar-refractivity contribution >= 4 is 17.4 Å². The smallest absolute Gasteiger partial charge is 0.241 e. The predicted octanol–water partition coefficient (Wildman–Crippen LogP) is 2.11. The molecular weight excluding hydrogens is 342 g/mol. The number of hydrogen-bond acceptors (Lipinski definition) is 6. The van der Waals surface area contributed by atoms with Crippen molar-refractivity contribution in [2.45, 2.75) is 13.0 Å². The summed E-state index contributed by atoms with van der Waals surface area (Å²) in [7, 11) is 1.59. The van der Waals surface area contributed by atoms with Gasteiger partial charge in [0.25, 0.3) is 0 Å². The first-order valence-electron chi connectivity index (χ1n) is 8.91. The highest BCUT2D eigenvalue weighted by atomic mass is 16.5. The normalized spacial score (nSPS) is 15.7. The van der Waals surface area contributed by atoms with Crippen LogP contribution < -0.4 is 15.0 Å². The van der Waals surface area contributed by atoms with E-state index in [1.165, 1.54) is 0 Å². The van der Waals surface area contributed by atoms with E-state index in [1.807, 2.05) is 31.2 Å². The molecule has 7 heteroatoms. The fourth-order valence-electron chi connectivity index (χ4n) is 3.15. The predicted molar refractivity (Wildman–Crippen MR) is 104 cm³/mol. The Morgan fingerprint density at radius 3 is 2.70 bits per heavy atom. The number of nitrogens with zero attached hydrogens (tertiary/aromatic N) is 4. The van der Waals surface area contributed by atoms with Crippen LogP contribution in [0.2, 0.25) is 0 Å². The average molecular weight is 365 g/mol. The van der Waals surface area contributed by atoms with Crippen LogP contribution in [0, 0.1) is 11.3 Å². The lowest BCUT2D eigenvalue weighted by atomic mass is 10.2.